The molecule has 124 valence electrons. The highest BCUT2D eigenvalue weighted by molar-refractivity contribution is 5.79. The van der Waals surface area contributed by atoms with Gasteiger partial charge in [0.25, 0.3) is 0 Å². The zero-order chi connectivity index (χ0) is 16.6. The number of aryl methyl sites for hydroxylation is 3. The van der Waals surface area contributed by atoms with Crippen molar-refractivity contribution in [3.63, 3.8) is 0 Å². The van der Waals surface area contributed by atoms with Crippen LogP contribution in [0.5, 0.6) is 0 Å². The van der Waals surface area contributed by atoms with Crippen LogP contribution in [0.4, 0.5) is 0 Å². The van der Waals surface area contributed by atoms with Gasteiger partial charge >= 0.3 is 0 Å². The van der Waals surface area contributed by atoms with E-state index in [2.05, 4.69) is 20.6 Å². The Bertz CT molecular complexity index is 680. The summed E-state index contributed by atoms with van der Waals surface area (Å²) in [4.78, 5) is 12.5. The predicted molar refractivity (Wildman–Crippen MR) is 84.6 cm³/mol. The Morgan fingerprint density at radius 1 is 1.52 bits per heavy atom. The van der Waals surface area contributed by atoms with Crippen LogP contribution in [0.1, 0.15) is 41.4 Å². The molecule has 7 heteroatoms. The van der Waals surface area contributed by atoms with Gasteiger partial charge in [-0.3, -0.25) is 14.6 Å². The molecule has 0 saturated heterocycles. The van der Waals surface area contributed by atoms with Crippen LogP contribution in [0.25, 0.3) is 0 Å². The fraction of sp³-hybridized carbons (Fsp3) is 0.562. The normalized spacial score (nSPS) is 21.7. The molecule has 3 rings (SSSR count). The van der Waals surface area contributed by atoms with E-state index in [9.17, 15) is 9.90 Å². The number of nitrogens with zero attached hydrogens (tertiary/aromatic N) is 3. The van der Waals surface area contributed by atoms with Crippen molar-refractivity contribution >= 4 is 5.91 Å². The molecule has 1 saturated carbocycles. The number of carbonyl (C=O) groups excluding carboxylic acids is 1. The third-order valence-electron chi connectivity index (χ3n) is 4.64. The first kappa shape index (κ1) is 15.7. The predicted octanol–water partition coefficient (Wildman–Crippen LogP) is 0.931. The van der Waals surface area contributed by atoms with E-state index in [0.29, 0.717) is 19.3 Å². The van der Waals surface area contributed by atoms with Crippen molar-refractivity contribution < 1.29 is 9.90 Å². The van der Waals surface area contributed by atoms with Crippen LogP contribution < -0.4 is 5.32 Å². The zero-order valence-corrected chi connectivity index (χ0v) is 13.7. The van der Waals surface area contributed by atoms with Crippen LogP contribution in [0.2, 0.25) is 0 Å². The third kappa shape index (κ3) is 3.29. The van der Waals surface area contributed by atoms with E-state index < -0.39 is 0 Å². The lowest BCUT2D eigenvalue weighted by Crippen LogP contribution is -2.41. The van der Waals surface area contributed by atoms with Gasteiger partial charge in [-0.1, -0.05) is 0 Å². The Balaban J connectivity index is 1.72. The Morgan fingerprint density at radius 3 is 2.78 bits per heavy atom. The number of hydrogen-bond acceptors (Lipinski definition) is 4. The van der Waals surface area contributed by atoms with Gasteiger partial charge in [-0.2, -0.15) is 10.2 Å². The van der Waals surface area contributed by atoms with Gasteiger partial charge in [0.05, 0.1) is 30.5 Å². The Labute approximate surface area is 135 Å². The van der Waals surface area contributed by atoms with Crippen molar-refractivity contribution in [2.24, 2.45) is 13.0 Å². The molecule has 1 aliphatic carbocycles. The summed E-state index contributed by atoms with van der Waals surface area (Å²) in [5, 5.41) is 23.9. The Morgan fingerprint density at radius 2 is 2.26 bits per heavy atom. The third-order valence-corrected chi connectivity index (χ3v) is 4.64. The lowest BCUT2D eigenvalue weighted by atomic mass is 9.75. The summed E-state index contributed by atoms with van der Waals surface area (Å²) in [5.74, 6) is 0.220. The number of aliphatic hydroxyl groups is 1. The molecule has 1 fully saturated rings. The van der Waals surface area contributed by atoms with Crippen molar-refractivity contribution in [2.45, 2.75) is 45.3 Å². The van der Waals surface area contributed by atoms with Crippen molar-refractivity contribution in [3.8, 4) is 0 Å². The van der Waals surface area contributed by atoms with Crippen molar-refractivity contribution in [1.82, 2.24) is 25.3 Å². The summed E-state index contributed by atoms with van der Waals surface area (Å²) in [5.41, 5.74) is 3.71. The van der Waals surface area contributed by atoms with E-state index in [-0.39, 0.29) is 24.0 Å². The van der Waals surface area contributed by atoms with E-state index in [4.69, 9.17) is 0 Å². The van der Waals surface area contributed by atoms with Gasteiger partial charge in [0.1, 0.15) is 0 Å². The summed E-state index contributed by atoms with van der Waals surface area (Å²) < 4.78 is 1.73. The highest BCUT2D eigenvalue weighted by atomic mass is 16.3. The van der Waals surface area contributed by atoms with Crippen LogP contribution in [-0.4, -0.2) is 37.1 Å². The average Bonchev–Trinajstić information content (AvgIpc) is 3.02. The number of aliphatic hydroxyl groups excluding tert-OH is 1. The van der Waals surface area contributed by atoms with Gasteiger partial charge in [-0.05, 0) is 32.6 Å². The monoisotopic (exact) mass is 317 g/mol. The smallest absolute Gasteiger partial charge is 0.225 e. The maximum Gasteiger partial charge on any atom is 0.225 e. The summed E-state index contributed by atoms with van der Waals surface area (Å²) >= 11 is 0. The van der Waals surface area contributed by atoms with Gasteiger partial charge in [0.15, 0.2) is 0 Å². The molecule has 2 aromatic rings. The minimum Gasteiger partial charge on any atom is -0.393 e. The molecule has 0 radical (unpaired) electrons. The van der Waals surface area contributed by atoms with Crippen molar-refractivity contribution in [3.05, 3.63) is 34.9 Å². The van der Waals surface area contributed by atoms with Crippen LogP contribution in [-0.2, 0) is 18.3 Å². The summed E-state index contributed by atoms with van der Waals surface area (Å²) in [6, 6.07) is -0.105. The lowest BCUT2D eigenvalue weighted by molar-refractivity contribution is -0.122. The quantitative estimate of drug-likeness (QED) is 0.764. The number of carbonyl (C=O) groups is 1. The fourth-order valence-electron chi connectivity index (χ4n) is 3.20. The molecule has 0 bridgehead atoms. The number of hydrogen-bond donors (Lipinski definition) is 3. The molecule has 0 aromatic carbocycles. The molecule has 0 unspecified atom stereocenters. The molecule has 1 aliphatic rings. The Hall–Kier alpha value is -2.15. The average molecular weight is 317 g/mol. The molecule has 23 heavy (non-hydrogen) atoms. The highest BCUT2D eigenvalue weighted by Gasteiger charge is 2.36. The van der Waals surface area contributed by atoms with E-state index >= 15 is 0 Å². The minimum atomic E-state index is -0.255. The molecule has 1 amide bonds. The first-order valence-corrected chi connectivity index (χ1v) is 7.90. The van der Waals surface area contributed by atoms with Crippen LogP contribution in [0.15, 0.2) is 12.4 Å². The standard InChI is InChI=1S/C16H23N5O2/c1-9-14(10(2)20-19-9)6-15(23)18-16(11-4-13(22)5-11)12-7-17-21(3)8-12/h7-8,11,13,16,22H,4-6H2,1-3H3,(H,18,23)(H,19,20)/t11?,13?,16-/m1/s1. The number of nitrogens with one attached hydrogen (secondary N) is 2. The number of H-pyrrole nitrogens is 1. The molecular weight excluding hydrogens is 294 g/mol. The van der Waals surface area contributed by atoms with E-state index in [1.807, 2.05) is 27.1 Å². The molecule has 2 heterocycles. The Kier molecular flexibility index (Phi) is 4.21. The van der Waals surface area contributed by atoms with Crippen LogP contribution in [0, 0.1) is 19.8 Å². The zero-order valence-electron chi connectivity index (χ0n) is 13.7. The summed E-state index contributed by atoms with van der Waals surface area (Å²) in [6.07, 6.45) is 5.18. The number of rotatable bonds is 5. The lowest BCUT2D eigenvalue weighted by Gasteiger charge is -2.37. The summed E-state index contributed by atoms with van der Waals surface area (Å²) in [7, 11) is 1.86. The van der Waals surface area contributed by atoms with E-state index in [1.165, 1.54) is 0 Å². The van der Waals surface area contributed by atoms with Gasteiger partial charge in [-0.25, -0.2) is 0 Å². The van der Waals surface area contributed by atoms with E-state index in [1.54, 1.807) is 10.9 Å². The van der Waals surface area contributed by atoms with Gasteiger partial charge in [-0.15, -0.1) is 0 Å². The van der Waals surface area contributed by atoms with Gasteiger partial charge in [0.2, 0.25) is 5.91 Å². The SMILES string of the molecule is Cc1n[nH]c(C)c1CC(=O)N[C@@H](c1cnn(C)c1)C1CC(O)C1. The fourth-order valence-corrected chi connectivity index (χ4v) is 3.20. The highest BCUT2D eigenvalue weighted by Crippen LogP contribution is 2.38. The largest absolute Gasteiger partial charge is 0.393 e. The molecule has 2 aromatic heterocycles. The molecule has 0 spiro atoms. The van der Waals surface area contributed by atoms with E-state index in [0.717, 1.165) is 22.5 Å². The molecule has 7 nitrogen and oxygen atoms in total. The van der Waals surface area contributed by atoms with Crippen molar-refractivity contribution in [2.75, 3.05) is 0 Å². The topological polar surface area (TPSA) is 95.8 Å². The second kappa shape index (κ2) is 6.16. The molecule has 1 atom stereocenters. The molecule has 3 N–H and O–H groups in total. The first-order valence-electron chi connectivity index (χ1n) is 7.90. The molecular formula is C16H23N5O2. The van der Waals surface area contributed by atoms with Crippen LogP contribution >= 0.6 is 0 Å². The summed E-state index contributed by atoms with van der Waals surface area (Å²) in [6.45, 7) is 3.82. The second-order valence-electron chi connectivity index (χ2n) is 6.47. The number of aromatic nitrogens is 4. The number of aromatic amines is 1. The second-order valence-corrected chi connectivity index (χ2v) is 6.47. The number of amides is 1. The molecule has 0 aliphatic heterocycles. The van der Waals surface area contributed by atoms with Crippen LogP contribution in [0.3, 0.4) is 0 Å². The first-order chi connectivity index (χ1) is 10.9. The van der Waals surface area contributed by atoms with Gasteiger partial charge in [0, 0.05) is 30.1 Å². The van der Waals surface area contributed by atoms with Crippen molar-refractivity contribution in [1.29, 1.82) is 0 Å². The van der Waals surface area contributed by atoms with Gasteiger partial charge < -0.3 is 10.4 Å². The maximum atomic E-state index is 12.5. The minimum absolute atomic E-state index is 0.0344. The maximum absolute atomic E-state index is 12.5.